The molecule has 1 aliphatic heterocycles. The zero-order valence-corrected chi connectivity index (χ0v) is 12.6. The molecule has 1 unspecified atom stereocenters. The number of hydrogen-bond donors (Lipinski definition) is 2. The molecule has 1 fully saturated rings. The minimum absolute atomic E-state index is 0.198. The number of oxazole rings is 1. The molecule has 2 aromatic rings. The topological polar surface area (TPSA) is 101 Å². The van der Waals surface area contributed by atoms with Crippen LogP contribution in [0.25, 0.3) is 11.3 Å². The fraction of sp³-hybridized carbons (Fsp3) is 0.312. The van der Waals surface area contributed by atoms with Gasteiger partial charge in [-0.3, -0.25) is 4.79 Å². The van der Waals surface area contributed by atoms with Crippen LogP contribution in [0.15, 0.2) is 40.9 Å². The van der Waals surface area contributed by atoms with E-state index in [0.29, 0.717) is 31.2 Å². The summed E-state index contributed by atoms with van der Waals surface area (Å²) >= 11 is 0. The molecule has 1 saturated heterocycles. The van der Waals surface area contributed by atoms with Crippen molar-refractivity contribution >= 4 is 11.9 Å². The third kappa shape index (κ3) is 3.50. The van der Waals surface area contributed by atoms with Gasteiger partial charge in [0, 0.05) is 18.7 Å². The Bertz CT molecular complexity index is 698. The van der Waals surface area contributed by atoms with Gasteiger partial charge in [0.25, 0.3) is 0 Å². The number of nitrogens with two attached hydrogens (primary N) is 1. The van der Waals surface area contributed by atoms with Crippen molar-refractivity contribution in [3.63, 3.8) is 0 Å². The van der Waals surface area contributed by atoms with Gasteiger partial charge in [0.15, 0.2) is 5.76 Å². The first-order chi connectivity index (χ1) is 11.1. The van der Waals surface area contributed by atoms with E-state index in [-0.39, 0.29) is 24.4 Å². The highest BCUT2D eigenvalue weighted by molar-refractivity contribution is 5.80. The maximum absolute atomic E-state index is 12.1. The Morgan fingerprint density at radius 3 is 2.83 bits per heavy atom. The van der Waals surface area contributed by atoms with Crippen molar-refractivity contribution in [1.29, 1.82) is 0 Å². The van der Waals surface area contributed by atoms with Crippen molar-refractivity contribution in [1.82, 2.24) is 15.2 Å². The van der Waals surface area contributed by atoms with E-state index in [2.05, 4.69) is 10.3 Å². The number of carbonyl (C=O) groups excluding carboxylic acids is 2. The Morgan fingerprint density at radius 1 is 1.35 bits per heavy atom. The van der Waals surface area contributed by atoms with E-state index in [0.717, 1.165) is 5.56 Å². The molecule has 1 aliphatic rings. The minimum Gasteiger partial charge on any atom is -0.439 e. The summed E-state index contributed by atoms with van der Waals surface area (Å²) in [6.45, 7) is 1.09. The van der Waals surface area contributed by atoms with Crippen LogP contribution < -0.4 is 11.1 Å². The van der Waals surface area contributed by atoms with Crippen LogP contribution in [0.5, 0.6) is 0 Å². The number of hydrogen-bond acceptors (Lipinski definition) is 4. The molecule has 3 amide bonds. The number of urea groups is 1. The molecule has 1 aromatic heterocycles. The zero-order chi connectivity index (χ0) is 16.2. The number of rotatable bonds is 4. The average molecular weight is 314 g/mol. The van der Waals surface area contributed by atoms with E-state index < -0.39 is 0 Å². The van der Waals surface area contributed by atoms with Crippen molar-refractivity contribution in [2.45, 2.75) is 13.0 Å². The molecule has 7 nitrogen and oxygen atoms in total. The lowest BCUT2D eigenvalue weighted by atomic mass is 10.1. The van der Waals surface area contributed by atoms with Gasteiger partial charge in [0.2, 0.25) is 11.8 Å². The Labute approximate surface area is 133 Å². The smallest absolute Gasteiger partial charge is 0.317 e. The largest absolute Gasteiger partial charge is 0.439 e. The molecule has 0 spiro atoms. The summed E-state index contributed by atoms with van der Waals surface area (Å²) in [6, 6.07) is 9.38. The lowest BCUT2D eigenvalue weighted by molar-refractivity contribution is -0.121. The summed E-state index contributed by atoms with van der Waals surface area (Å²) < 4.78 is 5.62. The average Bonchev–Trinajstić information content (AvgIpc) is 3.23. The first-order valence-corrected chi connectivity index (χ1v) is 7.45. The van der Waals surface area contributed by atoms with Gasteiger partial charge in [-0.15, -0.1) is 0 Å². The summed E-state index contributed by atoms with van der Waals surface area (Å²) in [5.74, 6) is 0.473. The van der Waals surface area contributed by atoms with E-state index >= 15 is 0 Å². The van der Waals surface area contributed by atoms with Crippen molar-refractivity contribution in [2.24, 2.45) is 11.7 Å². The molecule has 23 heavy (non-hydrogen) atoms. The van der Waals surface area contributed by atoms with Crippen molar-refractivity contribution in [3.8, 4) is 11.3 Å². The molecule has 1 aromatic carbocycles. The van der Waals surface area contributed by atoms with Crippen LogP contribution in [0.1, 0.15) is 12.3 Å². The van der Waals surface area contributed by atoms with Gasteiger partial charge >= 0.3 is 6.03 Å². The van der Waals surface area contributed by atoms with Crippen LogP contribution in [-0.2, 0) is 11.3 Å². The minimum atomic E-state index is -0.361. The molecule has 7 heteroatoms. The van der Waals surface area contributed by atoms with Crippen LogP contribution >= 0.6 is 0 Å². The van der Waals surface area contributed by atoms with Crippen LogP contribution in [0.3, 0.4) is 0 Å². The SMILES string of the molecule is NC(=O)C1CCN(C(=O)NCc2ncc(-c3ccccc3)o2)C1. The quantitative estimate of drug-likeness (QED) is 0.889. The molecule has 0 saturated carbocycles. The number of aromatic nitrogens is 1. The lowest BCUT2D eigenvalue weighted by Crippen LogP contribution is -2.39. The van der Waals surface area contributed by atoms with Gasteiger partial charge in [0.05, 0.1) is 18.7 Å². The summed E-state index contributed by atoms with van der Waals surface area (Å²) in [6.07, 6.45) is 2.25. The second kappa shape index (κ2) is 6.51. The van der Waals surface area contributed by atoms with E-state index in [1.807, 2.05) is 30.3 Å². The fourth-order valence-electron chi connectivity index (χ4n) is 2.57. The Hall–Kier alpha value is -2.83. The van der Waals surface area contributed by atoms with E-state index in [1.54, 1.807) is 11.1 Å². The number of benzene rings is 1. The maximum Gasteiger partial charge on any atom is 0.317 e. The molecular formula is C16H18N4O3. The van der Waals surface area contributed by atoms with Gasteiger partial charge in [-0.05, 0) is 6.42 Å². The zero-order valence-electron chi connectivity index (χ0n) is 12.6. The number of nitrogens with one attached hydrogen (secondary N) is 1. The van der Waals surface area contributed by atoms with Gasteiger partial charge < -0.3 is 20.4 Å². The number of amides is 3. The Morgan fingerprint density at radius 2 is 2.13 bits per heavy atom. The molecule has 0 bridgehead atoms. The fourth-order valence-corrected chi connectivity index (χ4v) is 2.57. The van der Waals surface area contributed by atoms with E-state index in [4.69, 9.17) is 10.2 Å². The molecule has 3 rings (SSSR count). The van der Waals surface area contributed by atoms with Gasteiger partial charge in [-0.2, -0.15) is 0 Å². The van der Waals surface area contributed by atoms with Gasteiger partial charge in [-0.1, -0.05) is 30.3 Å². The van der Waals surface area contributed by atoms with E-state index in [9.17, 15) is 9.59 Å². The molecule has 0 aliphatic carbocycles. The monoisotopic (exact) mass is 314 g/mol. The van der Waals surface area contributed by atoms with Crippen LogP contribution in [0.2, 0.25) is 0 Å². The van der Waals surface area contributed by atoms with Crippen molar-refractivity contribution < 1.29 is 14.0 Å². The van der Waals surface area contributed by atoms with Gasteiger partial charge in [-0.25, -0.2) is 9.78 Å². The summed E-state index contributed by atoms with van der Waals surface area (Å²) in [7, 11) is 0. The number of likely N-dealkylation sites (tertiary alicyclic amines) is 1. The maximum atomic E-state index is 12.1. The molecule has 2 heterocycles. The summed E-state index contributed by atoms with van der Waals surface area (Å²) in [5.41, 5.74) is 6.19. The predicted molar refractivity (Wildman–Crippen MR) is 83.0 cm³/mol. The first kappa shape index (κ1) is 15.1. The van der Waals surface area contributed by atoms with Crippen LogP contribution in [0, 0.1) is 5.92 Å². The Balaban J connectivity index is 1.54. The molecule has 0 radical (unpaired) electrons. The van der Waals surface area contributed by atoms with Crippen molar-refractivity contribution in [3.05, 3.63) is 42.4 Å². The van der Waals surface area contributed by atoms with Crippen LogP contribution in [0.4, 0.5) is 4.79 Å². The second-order valence-electron chi connectivity index (χ2n) is 5.48. The van der Waals surface area contributed by atoms with E-state index in [1.165, 1.54) is 0 Å². The van der Waals surface area contributed by atoms with Crippen molar-refractivity contribution in [2.75, 3.05) is 13.1 Å². The van der Waals surface area contributed by atoms with Crippen LogP contribution in [-0.4, -0.2) is 34.9 Å². The standard InChI is InChI=1S/C16H18N4O3/c17-15(21)12-6-7-20(10-12)16(22)19-9-14-18-8-13(23-14)11-4-2-1-3-5-11/h1-5,8,12H,6-7,9-10H2,(H2,17,21)(H,19,22). The lowest BCUT2D eigenvalue weighted by Gasteiger charge is -2.16. The Kier molecular flexibility index (Phi) is 4.27. The molecular weight excluding hydrogens is 296 g/mol. The third-order valence-corrected chi connectivity index (χ3v) is 3.88. The normalized spacial score (nSPS) is 17.2. The summed E-state index contributed by atoms with van der Waals surface area (Å²) in [4.78, 5) is 28.9. The summed E-state index contributed by atoms with van der Waals surface area (Å²) in [5, 5.41) is 2.74. The highest BCUT2D eigenvalue weighted by Gasteiger charge is 2.29. The first-order valence-electron chi connectivity index (χ1n) is 7.45. The molecule has 120 valence electrons. The highest BCUT2D eigenvalue weighted by atomic mass is 16.4. The molecule has 1 atom stereocenters. The number of carbonyl (C=O) groups is 2. The molecule has 3 N–H and O–H groups in total. The van der Waals surface area contributed by atoms with Gasteiger partial charge in [0.1, 0.15) is 0 Å². The number of nitrogens with zero attached hydrogens (tertiary/aromatic N) is 2. The third-order valence-electron chi connectivity index (χ3n) is 3.88. The highest BCUT2D eigenvalue weighted by Crippen LogP contribution is 2.20. The number of primary amides is 1. The predicted octanol–water partition coefficient (Wildman–Crippen LogP) is 1.36. The second-order valence-corrected chi connectivity index (χ2v) is 5.48.